The molecule has 1 aromatic heterocycles. The highest BCUT2D eigenvalue weighted by Crippen LogP contribution is 2.35. The molecule has 0 radical (unpaired) electrons. The van der Waals surface area contributed by atoms with Crippen molar-refractivity contribution in [2.75, 3.05) is 13.1 Å². The van der Waals surface area contributed by atoms with Crippen molar-refractivity contribution in [1.29, 1.82) is 0 Å². The van der Waals surface area contributed by atoms with Gasteiger partial charge in [-0.2, -0.15) is 0 Å². The van der Waals surface area contributed by atoms with Crippen LogP contribution in [0.5, 0.6) is 0 Å². The van der Waals surface area contributed by atoms with Crippen molar-refractivity contribution in [3.05, 3.63) is 68.1 Å². The standard InChI is InChI=1S/C18H16Cl2N2O2/c19-14-5-12(6-15(20)7-14)18(24)21-8-11-4-13(10-21)16-2-1-3-17(23)22(16)9-11/h1-3,5-7,11,13H,4,8-10H2. The van der Waals surface area contributed by atoms with E-state index in [-0.39, 0.29) is 17.4 Å². The first-order chi connectivity index (χ1) is 11.5. The summed E-state index contributed by atoms with van der Waals surface area (Å²) < 4.78 is 1.86. The quantitative estimate of drug-likeness (QED) is 0.779. The summed E-state index contributed by atoms with van der Waals surface area (Å²) in [5.41, 5.74) is 1.59. The number of hydrogen-bond donors (Lipinski definition) is 0. The van der Waals surface area contributed by atoms with Crippen LogP contribution in [0.25, 0.3) is 0 Å². The maximum atomic E-state index is 12.9. The maximum Gasteiger partial charge on any atom is 0.253 e. The summed E-state index contributed by atoms with van der Waals surface area (Å²) in [5.74, 6) is 0.445. The van der Waals surface area contributed by atoms with E-state index in [0.29, 0.717) is 41.2 Å². The zero-order valence-electron chi connectivity index (χ0n) is 12.9. The average molecular weight is 363 g/mol. The van der Waals surface area contributed by atoms with Gasteiger partial charge in [0.1, 0.15) is 0 Å². The molecule has 4 rings (SSSR count). The lowest BCUT2D eigenvalue weighted by atomic mass is 9.83. The Labute approximate surface area is 149 Å². The van der Waals surface area contributed by atoms with Gasteiger partial charge in [0.15, 0.2) is 0 Å². The van der Waals surface area contributed by atoms with E-state index < -0.39 is 0 Å². The number of pyridine rings is 1. The van der Waals surface area contributed by atoms with Gasteiger partial charge < -0.3 is 9.47 Å². The van der Waals surface area contributed by atoms with Crippen LogP contribution >= 0.6 is 23.2 Å². The van der Waals surface area contributed by atoms with Crippen molar-refractivity contribution in [3.63, 3.8) is 0 Å². The lowest BCUT2D eigenvalue weighted by molar-refractivity contribution is 0.0594. The number of amides is 1. The fraction of sp³-hybridized carbons (Fsp3) is 0.333. The van der Waals surface area contributed by atoms with Gasteiger partial charge in [0.2, 0.25) is 0 Å². The van der Waals surface area contributed by atoms with Crippen molar-refractivity contribution in [3.8, 4) is 0 Å². The molecular weight excluding hydrogens is 347 g/mol. The molecule has 2 aliphatic rings. The van der Waals surface area contributed by atoms with Crippen LogP contribution in [0.1, 0.15) is 28.4 Å². The number of piperidine rings is 1. The third-order valence-corrected chi connectivity index (χ3v) is 5.31. The van der Waals surface area contributed by atoms with Crippen LogP contribution in [0.4, 0.5) is 0 Å². The first kappa shape index (κ1) is 15.7. The Kier molecular flexibility index (Phi) is 3.89. The SMILES string of the molecule is O=C(c1cc(Cl)cc(Cl)c1)N1CC2CC(C1)c1cccc(=O)n1C2. The molecule has 4 nitrogen and oxygen atoms in total. The molecule has 2 aromatic rings. The highest BCUT2D eigenvalue weighted by molar-refractivity contribution is 6.35. The molecule has 0 spiro atoms. The molecule has 1 aromatic carbocycles. The van der Waals surface area contributed by atoms with Crippen LogP contribution in [-0.2, 0) is 6.54 Å². The molecule has 0 saturated carbocycles. The Morgan fingerprint density at radius 2 is 1.79 bits per heavy atom. The van der Waals surface area contributed by atoms with Crippen LogP contribution in [0.2, 0.25) is 10.0 Å². The summed E-state index contributed by atoms with van der Waals surface area (Å²) in [4.78, 5) is 26.8. The van der Waals surface area contributed by atoms with Gasteiger partial charge in [-0.25, -0.2) is 0 Å². The number of fused-ring (bicyclic) bond motifs is 4. The molecule has 6 heteroatoms. The number of aromatic nitrogens is 1. The Hall–Kier alpha value is -1.78. The summed E-state index contributed by atoms with van der Waals surface area (Å²) in [6.07, 6.45) is 1.02. The lowest BCUT2D eigenvalue weighted by Gasteiger charge is -2.42. The molecule has 2 atom stereocenters. The van der Waals surface area contributed by atoms with Crippen molar-refractivity contribution >= 4 is 29.1 Å². The molecule has 0 N–H and O–H groups in total. The molecule has 124 valence electrons. The number of hydrogen-bond acceptors (Lipinski definition) is 2. The van der Waals surface area contributed by atoms with E-state index in [2.05, 4.69) is 0 Å². The van der Waals surface area contributed by atoms with E-state index in [0.717, 1.165) is 12.1 Å². The molecular formula is C18H16Cl2N2O2. The second-order valence-corrected chi connectivity index (χ2v) is 7.44. The number of halogens is 2. The summed E-state index contributed by atoms with van der Waals surface area (Å²) >= 11 is 12.0. The van der Waals surface area contributed by atoms with Gasteiger partial charge in [-0.3, -0.25) is 9.59 Å². The summed E-state index contributed by atoms with van der Waals surface area (Å²) in [6.45, 7) is 1.94. The van der Waals surface area contributed by atoms with Gasteiger partial charge in [-0.15, -0.1) is 0 Å². The minimum atomic E-state index is -0.0548. The fourth-order valence-corrected chi connectivity index (χ4v) is 4.45. The smallest absolute Gasteiger partial charge is 0.253 e. The first-order valence-corrected chi connectivity index (χ1v) is 8.72. The van der Waals surface area contributed by atoms with E-state index in [1.54, 1.807) is 30.3 Å². The van der Waals surface area contributed by atoms with Gasteiger partial charge >= 0.3 is 0 Å². The highest BCUT2D eigenvalue weighted by atomic mass is 35.5. The lowest BCUT2D eigenvalue weighted by Crippen LogP contribution is -2.49. The van der Waals surface area contributed by atoms with Gasteiger partial charge in [0, 0.05) is 52.9 Å². The minimum absolute atomic E-state index is 0.0450. The Balaban J connectivity index is 1.64. The van der Waals surface area contributed by atoms with E-state index in [1.165, 1.54) is 0 Å². The number of rotatable bonds is 1. The van der Waals surface area contributed by atoms with Crippen molar-refractivity contribution in [1.82, 2.24) is 9.47 Å². The molecule has 2 aliphatic heterocycles. The topological polar surface area (TPSA) is 42.3 Å². The van der Waals surface area contributed by atoms with Gasteiger partial charge in [-0.05, 0) is 36.6 Å². The second-order valence-electron chi connectivity index (χ2n) is 6.57. The maximum absolute atomic E-state index is 12.9. The van der Waals surface area contributed by atoms with Crippen LogP contribution in [0.3, 0.4) is 0 Å². The predicted octanol–water partition coefficient (Wildman–Crippen LogP) is 3.41. The predicted molar refractivity (Wildman–Crippen MR) is 93.9 cm³/mol. The second kappa shape index (κ2) is 5.94. The normalized spacial score (nSPS) is 22.2. The first-order valence-electron chi connectivity index (χ1n) is 7.96. The zero-order valence-corrected chi connectivity index (χ0v) is 14.4. The summed E-state index contributed by atoms with van der Waals surface area (Å²) in [6, 6.07) is 10.3. The Morgan fingerprint density at radius 1 is 1.04 bits per heavy atom. The van der Waals surface area contributed by atoms with Gasteiger partial charge in [0.25, 0.3) is 11.5 Å². The van der Waals surface area contributed by atoms with Crippen LogP contribution < -0.4 is 5.56 Å². The number of nitrogens with zero attached hydrogens (tertiary/aromatic N) is 2. The van der Waals surface area contributed by atoms with Crippen LogP contribution in [-0.4, -0.2) is 28.5 Å². The summed E-state index contributed by atoms with van der Waals surface area (Å²) in [5, 5.41) is 0.917. The van der Waals surface area contributed by atoms with E-state index >= 15 is 0 Å². The van der Waals surface area contributed by atoms with E-state index in [1.807, 2.05) is 15.5 Å². The molecule has 24 heavy (non-hydrogen) atoms. The van der Waals surface area contributed by atoms with Crippen molar-refractivity contribution in [2.24, 2.45) is 5.92 Å². The largest absolute Gasteiger partial charge is 0.338 e. The van der Waals surface area contributed by atoms with Gasteiger partial charge in [0.05, 0.1) is 0 Å². The molecule has 0 aliphatic carbocycles. The molecule has 2 bridgehead atoms. The summed E-state index contributed by atoms with van der Waals surface area (Å²) in [7, 11) is 0. The molecule has 2 unspecified atom stereocenters. The molecule has 3 heterocycles. The number of carbonyl (C=O) groups excluding carboxylic acids is 1. The molecule has 1 saturated heterocycles. The monoisotopic (exact) mass is 362 g/mol. The zero-order chi connectivity index (χ0) is 16.8. The third kappa shape index (κ3) is 2.74. The molecule has 1 fully saturated rings. The Morgan fingerprint density at radius 3 is 2.54 bits per heavy atom. The van der Waals surface area contributed by atoms with Crippen molar-refractivity contribution in [2.45, 2.75) is 18.9 Å². The van der Waals surface area contributed by atoms with Crippen LogP contribution in [0.15, 0.2) is 41.2 Å². The third-order valence-electron chi connectivity index (χ3n) is 4.88. The minimum Gasteiger partial charge on any atom is -0.338 e. The van der Waals surface area contributed by atoms with E-state index in [9.17, 15) is 9.59 Å². The number of benzene rings is 1. The average Bonchev–Trinajstić information content (AvgIpc) is 2.54. The number of likely N-dealkylation sites (tertiary alicyclic amines) is 1. The number of carbonyl (C=O) groups is 1. The Bertz CT molecular complexity index is 857. The van der Waals surface area contributed by atoms with Gasteiger partial charge in [-0.1, -0.05) is 29.3 Å². The van der Waals surface area contributed by atoms with Crippen LogP contribution in [0, 0.1) is 5.92 Å². The van der Waals surface area contributed by atoms with Crippen molar-refractivity contribution < 1.29 is 4.79 Å². The molecule has 1 amide bonds. The van der Waals surface area contributed by atoms with E-state index in [4.69, 9.17) is 23.2 Å². The highest BCUT2D eigenvalue weighted by Gasteiger charge is 2.36. The fourth-order valence-electron chi connectivity index (χ4n) is 3.92.